The van der Waals surface area contributed by atoms with Crippen LogP contribution in [0.5, 0.6) is 0 Å². The van der Waals surface area contributed by atoms with Crippen LogP contribution in [0.15, 0.2) is 15.0 Å². The maximum Gasteiger partial charge on any atom is 0.409 e. The number of ether oxygens (including phenoxy) is 3. The second kappa shape index (κ2) is 25.4. The van der Waals surface area contributed by atoms with Gasteiger partial charge in [-0.2, -0.15) is 0 Å². The van der Waals surface area contributed by atoms with Crippen LogP contribution in [0.3, 0.4) is 0 Å². The van der Waals surface area contributed by atoms with Crippen LogP contribution in [-0.4, -0.2) is 130 Å². The Morgan fingerprint density at radius 2 is 0.818 bits per heavy atom. The topological polar surface area (TPSA) is 177 Å². The maximum atomic E-state index is 12.9. The Labute approximate surface area is 259 Å². The van der Waals surface area contributed by atoms with Crippen molar-refractivity contribution in [3.63, 3.8) is 0 Å². The van der Waals surface area contributed by atoms with E-state index in [1.807, 2.05) is 20.8 Å². The number of amides is 3. The number of carbonyl (C=O) groups excluding carboxylic acids is 6. The number of isocyanates is 3. The Kier molecular flexibility index (Phi) is 23.1. The summed E-state index contributed by atoms with van der Waals surface area (Å²) in [5.41, 5.74) is -1.10. The Morgan fingerprint density at radius 1 is 0.545 bits per heavy atom. The molecule has 0 saturated carbocycles. The third-order valence-electron chi connectivity index (χ3n) is 6.17. The molecule has 15 heteroatoms. The summed E-state index contributed by atoms with van der Waals surface area (Å²) in [6, 6.07) is 0. The van der Waals surface area contributed by atoms with E-state index in [0.29, 0.717) is 77.8 Å². The first-order valence-electron chi connectivity index (χ1n) is 15.1. The number of hydrogen-bond acceptors (Lipinski definition) is 12. The van der Waals surface area contributed by atoms with Gasteiger partial charge in [0.25, 0.3) is 0 Å². The van der Waals surface area contributed by atoms with Crippen molar-refractivity contribution in [1.29, 1.82) is 0 Å². The zero-order valence-electron chi connectivity index (χ0n) is 26.6. The van der Waals surface area contributed by atoms with Crippen molar-refractivity contribution >= 4 is 36.5 Å². The van der Waals surface area contributed by atoms with E-state index in [2.05, 4.69) is 15.0 Å². The molecule has 0 bridgehead atoms. The molecule has 3 amide bonds. The minimum Gasteiger partial charge on any atom is -0.449 e. The number of hydrogen-bond donors (Lipinski definition) is 0. The van der Waals surface area contributed by atoms with Gasteiger partial charge in [0.1, 0.15) is 19.8 Å². The molecule has 44 heavy (non-hydrogen) atoms. The van der Waals surface area contributed by atoms with Crippen molar-refractivity contribution in [3.05, 3.63) is 0 Å². The Hall–Kier alpha value is -4.05. The molecule has 0 aromatic heterocycles. The summed E-state index contributed by atoms with van der Waals surface area (Å²) in [4.78, 5) is 84.9. The van der Waals surface area contributed by atoms with Gasteiger partial charge in [-0.3, -0.25) is 0 Å². The van der Waals surface area contributed by atoms with Gasteiger partial charge in [0.15, 0.2) is 0 Å². The Morgan fingerprint density at radius 3 is 1.05 bits per heavy atom. The van der Waals surface area contributed by atoms with Crippen LogP contribution in [0.4, 0.5) is 14.4 Å². The molecule has 0 heterocycles. The van der Waals surface area contributed by atoms with Crippen molar-refractivity contribution in [3.8, 4) is 0 Å². The number of nitrogens with zero attached hydrogens (tertiary/aromatic N) is 6. The molecular weight excluding hydrogens is 576 g/mol. The lowest BCUT2D eigenvalue weighted by Crippen LogP contribution is -2.43. The summed E-state index contributed by atoms with van der Waals surface area (Å²) < 4.78 is 16.8. The first-order chi connectivity index (χ1) is 21.2. The summed E-state index contributed by atoms with van der Waals surface area (Å²) in [6.07, 6.45) is 5.99. The molecule has 0 aliphatic rings. The van der Waals surface area contributed by atoms with Crippen LogP contribution in [-0.2, 0) is 28.6 Å². The van der Waals surface area contributed by atoms with Crippen LogP contribution in [0.25, 0.3) is 0 Å². The molecule has 0 atom stereocenters. The summed E-state index contributed by atoms with van der Waals surface area (Å²) in [5.74, 6) is 0. The van der Waals surface area contributed by atoms with Crippen molar-refractivity contribution in [2.45, 2.75) is 66.2 Å². The molecule has 0 aliphatic heterocycles. The van der Waals surface area contributed by atoms with Gasteiger partial charge >= 0.3 is 18.3 Å². The third kappa shape index (κ3) is 18.5. The molecule has 0 fully saturated rings. The molecule has 248 valence electrons. The smallest absolute Gasteiger partial charge is 0.409 e. The van der Waals surface area contributed by atoms with E-state index in [4.69, 9.17) is 14.2 Å². The van der Waals surface area contributed by atoms with Gasteiger partial charge in [-0.15, -0.1) is 0 Å². The van der Waals surface area contributed by atoms with Crippen molar-refractivity contribution < 1.29 is 43.0 Å². The third-order valence-corrected chi connectivity index (χ3v) is 6.17. The molecule has 0 aromatic rings. The predicted molar refractivity (Wildman–Crippen MR) is 161 cm³/mol. The van der Waals surface area contributed by atoms with E-state index >= 15 is 0 Å². The Bertz CT molecular complexity index is 870. The standard InChI is InChI=1S/C29H48N6O9/c1-5-14-33(17-8-11-30-23-36)26(39)42-20-29(4,21-43-27(40)34(15-6-2)18-9-12-31-24-37)22-44-28(41)35(16-7-3)19-10-13-32-25-38/h5-22H2,1-4H3. The summed E-state index contributed by atoms with van der Waals surface area (Å²) in [5, 5.41) is 0. The van der Waals surface area contributed by atoms with Crippen molar-refractivity contribution in [2.75, 3.05) is 78.7 Å². The quantitative estimate of drug-likeness (QED) is 0.0670. The fourth-order valence-electron chi connectivity index (χ4n) is 3.96. The van der Waals surface area contributed by atoms with Gasteiger partial charge in [-0.1, -0.05) is 20.8 Å². The molecule has 0 aliphatic carbocycles. The monoisotopic (exact) mass is 624 g/mol. The van der Waals surface area contributed by atoms with Gasteiger partial charge in [-0.05, 0) is 45.4 Å². The van der Waals surface area contributed by atoms with E-state index in [9.17, 15) is 28.8 Å². The lowest BCUT2D eigenvalue weighted by Gasteiger charge is -2.32. The lowest BCUT2D eigenvalue weighted by atomic mass is 9.94. The summed E-state index contributed by atoms with van der Waals surface area (Å²) in [6.45, 7) is 9.65. The van der Waals surface area contributed by atoms with E-state index in [1.165, 1.54) is 32.9 Å². The highest BCUT2D eigenvalue weighted by molar-refractivity contribution is 5.69. The number of carbonyl (C=O) groups is 3. The van der Waals surface area contributed by atoms with Gasteiger partial charge < -0.3 is 28.9 Å². The van der Waals surface area contributed by atoms with Gasteiger partial charge in [0.05, 0.1) is 25.0 Å². The molecule has 15 nitrogen and oxygen atoms in total. The normalized spacial score (nSPS) is 11.5. The number of rotatable bonds is 24. The average molecular weight is 625 g/mol. The van der Waals surface area contributed by atoms with Crippen LogP contribution >= 0.6 is 0 Å². The molecule has 0 aromatic carbocycles. The van der Waals surface area contributed by atoms with Gasteiger partial charge in [-0.25, -0.2) is 43.7 Å². The highest BCUT2D eigenvalue weighted by Crippen LogP contribution is 2.21. The minimum atomic E-state index is -1.10. The predicted octanol–water partition coefficient (Wildman–Crippen LogP) is 3.72. The number of aliphatic imine (C=N–C) groups is 3. The second-order valence-corrected chi connectivity index (χ2v) is 10.4. The summed E-state index contributed by atoms with van der Waals surface area (Å²) >= 11 is 0. The fourth-order valence-corrected chi connectivity index (χ4v) is 3.96. The minimum absolute atomic E-state index is 0.219. The summed E-state index contributed by atoms with van der Waals surface area (Å²) in [7, 11) is 0. The fraction of sp³-hybridized carbons (Fsp3) is 0.793. The van der Waals surface area contributed by atoms with E-state index < -0.39 is 23.7 Å². The SMILES string of the molecule is CCCN(CCCN=C=O)C(=O)OCC(C)(COC(=O)N(CCC)CCCN=C=O)COC(=O)N(CCC)CCCN=C=O. The van der Waals surface area contributed by atoms with Crippen molar-refractivity contribution in [1.82, 2.24) is 14.7 Å². The van der Waals surface area contributed by atoms with Gasteiger partial charge in [0, 0.05) is 39.3 Å². The van der Waals surface area contributed by atoms with Crippen LogP contribution in [0.1, 0.15) is 66.2 Å². The van der Waals surface area contributed by atoms with Gasteiger partial charge in [0.2, 0.25) is 18.2 Å². The zero-order valence-corrected chi connectivity index (χ0v) is 26.6. The largest absolute Gasteiger partial charge is 0.449 e. The molecular formula is C29H48N6O9. The molecule has 0 spiro atoms. The van der Waals surface area contributed by atoms with Crippen LogP contribution in [0.2, 0.25) is 0 Å². The van der Waals surface area contributed by atoms with E-state index in [0.717, 1.165) is 0 Å². The second-order valence-electron chi connectivity index (χ2n) is 10.4. The van der Waals surface area contributed by atoms with Crippen LogP contribution in [0, 0.1) is 5.41 Å². The molecule has 0 saturated heterocycles. The molecule has 0 radical (unpaired) electrons. The molecule has 0 unspecified atom stereocenters. The first-order valence-corrected chi connectivity index (χ1v) is 15.1. The van der Waals surface area contributed by atoms with Crippen molar-refractivity contribution in [2.24, 2.45) is 20.4 Å². The van der Waals surface area contributed by atoms with E-state index in [-0.39, 0.29) is 39.5 Å². The Balaban J connectivity index is 5.65. The molecule has 0 N–H and O–H groups in total. The average Bonchev–Trinajstić information content (AvgIpc) is 3.02. The van der Waals surface area contributed by atoms with E-state index in [1.54, 1.807) is 6.92 Å². The highest BCUT2D eigenvalue weighted by atomic mass is 16.6. The zero-order chi connectivity index (χ0) is 33.1. The first kappa shape index (κ1) is 39.9. The van der Waals surface area contributed by atoms with Crippen LogP contribution < -0.4 is 0 Å². The lowest BCUT2D eigenvalue weighted by molar-refractivity contribution is -0.0233. The highest BCUT2D eigenvalue weighted by Gasteiger charge is 2.33. The molecule has 0 rings (SSSR count). The maximum absolute atomic E-state index is 12.9.